The van der Waals surface area contributed by atoms with Gasteiger partial charge in [-0.1, -0.05) is 17.7 Å². The van der Waals surface area contributed by atoms with Crippen molar-refractivity contribution in [2.45, 2.75) is 6.42 Å². The molecule has 2 aromatic heterocycles. The van der Waals surface area contributed by atoms with Crippen molar-refractivity contribution in [2.75, 3.05) is 0 Å². The van der Waals surface area contributed by atoms with E-state index in [1.165, 1.54) is 0 Å². The lowest BCUT2D eigenvalue weighted by molar-refractivity contribution is 1.11. The van der Waals surface area contributed by atoms with Crippen molar-refractivity contribution in [2.24, 2.45) is 5.73 Å². The first kappa shape index (κ1) is 9.02. The Bertz CT molecular complexity index is 489. The number of hydrogen-bond donors (Lipinski definition) is 2. The highest BCUT2D eigenvalue weighted by Crippen LogP contribution is 2.15. The summed E-state index contributed by atoms with van der Waals surface area (Å²) in [7, 11) is 0. The molecule has 0 spiro atoms. The molecule has 0 saturated heterocycles. The summed E-state index contributed by atoms with van der Waals surface area (Å²) in [5.74, 6) is 0.149. The number of imidazole rings is 1. The lowest BCUT2D eigenvalue weighted by Gasteiger charge is -2.00. The quantitative estimate of drug-likeness (QED) is 0.580. The first-order chi connectivity index (χ1) is 6.66. The van der Waals surface area contributed by atoms with Gasteiger partial charge < -0.3 is 10.1 Å². The zero-order valence-electron chi connectivity index (χ0n) is 7.37. The van der Waals surface area contributed by atoms with Crippen LogP contribution in [0.5, 0.6) is 0 Å². The fourth-order valence-electron chi connectivity index (χ4n) is 1.34. The number of amidine groups is 1. The van der Waals surface area contributed by atoms with Crippen LogP contribution >= 0.6 is 11.6 Å². The fraction of sp³-hybridized carbons (Fsp3) is 0.111. The van der Waals surface area contributed by atoms with Gasteiger partial charge in [0, 0.05) is 12.6 Å². The van der Waals surface area contributed by atoms with Gasteiger partial charge in [0.25, 0.3) is 0 Å². The van der Waals surface area contributed by atoms with E-state index < -0.39 is 0 Å². The van der Waals surface area contributed by atoms with Gasteiger partial charge in [-0.05, 0) is 11.6 Å². The molecule has 5 heteroatoms. The third-order valence-electron chi connectivity index (χ3n) is 1.94. The summed E-state index contributed by atoms with van der Waals surface area (Å²) in [4.78, 5) is 3.96. The number of pyridine rings is 1. The number of aromatic nitrogens is 2. The second-order valence-electron chi connectivity index (χ2n) is 3.07. The average Bonchev–Trinajstić information content (AvgIpc) is 2.46. The van der Waals surface area contributed by atoms with Crippen molar-refractivity contribution in [1.29, 1.82) is 5.41 Å². The van der Waals surface area contributed by atoms with Crippen LogP contribution in [0.1, 0.15) is 5.56 Å². The number of nitrogens with one attached hydrogen (secondary N) is 1. The van der Waals surface area contributed by atoms with E-state index >= 15 is 0 Å². The van der Waals surface area contributed by atoms with Crippen LogP contribution in [-0.4, -0.2) is 15.2 Å². The number of rotatable bonds is 2. The molecule has 0 saturated carbocycles. The SMILES string of the molecule is N=C(N)Cc1ccc2c(Cl)ncn2c1. The molecule has 3 N–H and O–H groups in total. The third-order valence-corrected chi connectivity index (χ3v) is 2.23. The number of nitrogens with zero attached hydrogens (tertiary/aromatic N) is 2. The minimum absolute atomic E-state index is 0.149. The van der Waals surface area contributed by atoms with Crippen LogP contribution in [-0.2, 0) is 6.42 Å². The zero-order chi connectivity index (χ0) is 10.1. The van der Waals surface area contributed by atoms with Gasteiger partial charge in [0.05, 0.1) is 11.4 Å². The molecule has 0 unspecified atom stereocenters. The van der Waals surface area contributed by atoms with Gasteiger partial charge in [0.15, 0.2) is 5.15 Å². The Morgan fingerprint density at radius 1 is 1.57 bits per heavy atom. The second-order valence-corrected chi connectivity index (χ2v) is 3.43. The Balaban J connectivity index is 2.46. The first-order valence-corrected chi connectivity index (χ1v) is 4.48. The van der Waals surface area contributed by atoms with E-state index in [1.54, 1.807) is 6.33 Å². The molecule has 0 bridgehead atoms. The van der Waals surface area contributed by atoms with E-state index in [2.05, 4.69) is 4.98 Å². The topological polar surface area (TPSA) is 67.2 Å². The Labute approximate surface area is 85.8 Å². The lowest BCUT2D eigenvalue weighted by atomic mass is 10.2. The van der Waals surface area contributed by atoms with Gasteiger partial charge >= 0.3 is 0 Å². The molecule has 0 aliphatic carbocycles. The molecule has 4 nitrogen and oxygen atoms in total. The normalized spacial score (nSPS) is 10.6. The van der Waals surface area contributed by atoms with Crippen molar-refractivity contribution in [3.05, 3.63) is 35.4 Å². The van der Waals surface area contributed by atoms with E-state index in [4.69, 9.17) is 22.7 Å². The highest BCUT2D eigenvalue weighted by atomic mass is 35.5. The van der Waals surface area contributed by atoms with Crippen molar-refractivity contribution in [1.82, 2.24) is 9.38 Å². The molecule has 0 aromatic carbocycles. The summed E-state index contributed by atoms with van der Waals surface area (Å²) in [5, 5.41) is 7.66. The van der Waals surface area contributed by atoms with E-state index in [9.17, 15) is 0 Å². The summed E-state index contributed by atoms with van der Waals surface area (Å²) < 4.78 is 1.82. The predicted octanol–water partition coefficient (Wildman–Crippen LogP) is 1.47. The Hall–Kier alpha value is -1.55. The molecule has 0 atom stereocenters. The summed E-state index contributed by atoms with van der Waals surface area (Å²) in [6.07, 6.45) is 3.96. The molecule has 72 valence electrons. The monoisotopic (exact) mass is 208 g/mol. The number of fused-ring (bicyclic) bond motifs is 1. The number of hydrogen-bond acceptors (Lipinski definition) is 2. The highest BCUT2D eigenvalue weighted by molar-refractivity contribution is 6.32. The molecule has 0 aliphatic rings. The second kappa shape index (κ2) is 3.31. The van der Waals surface area contributed by atoms with Crippen LogP contribution in [0.3, 0.4) is 0 Å². The van der Waals surface area contributed by atoms with Crippen LogP contribution in [0.15, 0.2) is 24.7 Å². The van der Waals surface area contributed by atoms with Gasteiger partial charge in [-0.25, -0.2) is 4.98 Å². The molecule has 2 rings (SSSR count). The Morgan fingerprint density at radius 3 is 3.07 bits per heavy atom. The standard InChI is InChI=1S/C9H9ClN4/c10-9-7-2-1-6(3-8(11)12)4-14(7)5-13-9/h1-2,4-5H,3H2,(H3,11,12). The number of nitrogens with two attached hydrogens (primary N) is 1. The maximum atomic E-state index is 7.17. The van der Waals surface area contributed by atoms with E-state index in [1.807, 2.05) is 22.7 Å². The molecule has 2 aromatic rings. The molecule has 14 heavy (non-hydrogen) atoms. The molecular weight excluding hydrogens is 200 g/mol. The van der Waals surface area contributed by atoms with Gasteiger partial charge in [0.2, 0.25) is 0 Å². The lowest BCUT2D eigenvalue weighted by Crippen LogP contribution is -2.12. The van der Waals surface area contributed by atoms with Crippen molar-refractivity contribution in [3.63, 3.8) is 0 Å². The molecule has 0 radical (unpaired) electrons. The molecule has 0 fully saturated rings. The maximum Gasteiger partial charge on any atom is 0.154 e. The summed E-state index contributed by atoms with van der Waals surface area (Å²) >= 11 is 5.83. The minimum atomic E-state index is 0.149. The average molecular weight is 209 g/mol. The Kier molecular flexibility index (Phi) is 2.13. The predicted molar refractivity (Wildman–Crippen MR) is 55.8 cm³/mol. The van der Waals surface area contributed by atoms with Gasteiger partial charge in [0.1, 0.15) is 6.33 Å². The fourth-order valence-corrected chi connectivity index (χ4v) is 1.54. The van der Waals surface area contributed by atoms with Gasteiger partial charge in [-0.3, -0.25) is 5.41 Å². The van der Waals surface area contributed by atoms with E-state index in [0.717, 1.165) is 11.1 Å². The van der Waals surface area contributed by atoms with Crippen LogP contribution in [0.25, 0.3) is 5.52 Å². The van der Waals surface area contributed by atoms with Crippen LogP contribution in [0.4, 0.5) is 0 Å². The van der Waals surface area contributed by atoms with Crippen molar-refractivity contribution in [3.8, 4) is 0 Å². The van der Waals surface area contributed by atoms with Crippen LogP contribution < -0.4 is 5.73 Å². The third kappa shape index (κ3) is 1.56. The molecule has 2 heterocycles. The van der Waals surface area contributed by atoms with Crippen molar-refractivity contribution < 1.29 is 0 Å². The summed E-state index contributed by atoms with van der Waals surface area (Å²) in [6, 6.07) is 3.76. The number of halogens is 1. The minimum Gasteiger partial charge on any atom is -0.387 e. The summed E-state index contributed by atoms with van der Waals surface area (Å²) in [5.41, 5.74) is 7.14. The molecule has 0 aliphatic heterocycles. The van der Waals surface area contributed by atoms with E-state index in [0.29, 0.717) is 11.6 Å². The summed E-state index contributed by atoms with van der Waals surface area (Å²) in [6.45, 7) is 0. The maximum absolute atomic E-state index is 7.17. The smallest absolute Gasteiger partial charge is 0.154 e. The van der Waals surface area contributed by atoms with Crippen molar-refractivity contribution >= 4 is 23.0 Å². The van der Waals surface area contributed by atoms with Crippen LogP contribution in [0, 0.1) is 5.41 Å². The first-order valence-electron chi connectivity index (χ1n) is 4.11. The highest BCUT2D eigenvalue weighted by Gasteiger charge is 2.02. The zero-order valence-corrected chi connectivity index (χ0v) is 8.12. The van der Waals surface area contributed by atoms with E-state index in [-0.39, 0.29) is 5.84 Å². The molecule has 0 amide bonds. The molecular formula is C9H9ClN4. The Morgan fingerprint density at radius 2 is 2.36 bits per heavy atom. The largest absolute Gasteiger partial charge is 0.387 e. The van der Waals surface area contributed by atoms with Crippen LogP contribution in [0.2, 0.25) is 5.15 Å². The van der Waals surface area contributed by atoms with Gasteiger partial charge in [-0.2, -0.15) is 0 Å². The van der Waals surface area contributed by atoms with Gasteiger partial charge in [-0.15, -0.1) is 0 Å².